The van der Waals surface area contributed by atoms with Crippen LogP contribution in [0, 0.1) is 0 Å². The van der Waals surface area contributed by atoms with Gasteiger partial charge in [0.15, 0.2) is 0 Å². The number of ether oxygens (including phenoxy) is 2. The van der Waals surface area contributed by atoms with E-state index in [2.05, 4.69) is 89.2 Å². The average molecular weight is 681 g/mol. The van der Waals surface area contributed by atoms with Gasteiger partial charge in [-0.1, -0.05) is 113 Å². The summed E-state index contributed by atoms with van der Waals surface area (Å²) in [5, 5.41) is 0. The van der Waals surface area contributed by atoms with Gasteiger partial charge in [-0.3, -0.25) is 0 Å². The van der Waals surface area contributed by atoms with E-state index in [1.165, 1.54) is 0 Å². The van der Waals surface area contributed by atoms with Crippen LogP contribution in [0.3, 0.4) is 0 Å². The predicted octanol–water partition coefficient (Wildman–Crippen LogP) is 12.2. The van der Waals surface area contributed by atoms with E-state index in [0.717, 1.165) is 57.5 Å². The molecule has 0 saturated carbocycles. The third kappa shape index (κ3) is 7.54. The van der Waals surface area contributed by atoms with Crippen molar-refractivity contribution in [3.05, 3.63) is 151 Å². The minimum atomic E-state index is -3.68. The van der Waals surface area contributed by atoms with Gasteiger partial charge in [0.05, 0.1) is 15.9 Å². The summed E-state index contributed by atoms with van der Waals surface area (Å²) >= 11 is 0. The Hall–Kier alpha value is -5.13. The topological polar surface area (TPSA) is 52.6 Å². The molecule has 0 fully saturated rings. The molecule has 6 rings (SSSR count). The Balaban J connectivity index is 1.31. The highest BCUT2D eigenvalue weighted by molar-refractivity contribution is 7.91. The molecule has 0 saturated heterocycles. The van der Waals surface area contributed by atoms with Crippen molar-refractivity contribution >= 4 is 9.84 Å². The quantitative estimate of drug-likeness (QED) is 0.129. The van der Waals surface area contributed by atoms with Crippen LogP contribution in [0.4, 0.5) is 0 Å². The molecule has 6 aromatic rings. The molecule has 0 aliphatic heterocycles. The van der Waals surface area contributed by atoms with Crippen molar-refractivity contribution in [2.75, 3.05) is 0 Å². The van der Waals surface area contributed by atoms with Gasteiger partial charge in [0.25, 0.3) is 0 Å². The van der Waals surface area contributed by atoms with Gasteiger partial charge >= 0.3 is 0 Å². The van der Waals surface area contributed by atoms with Crippen LogP contribution in [0.1, 0.15) is 53.0 Å². The normalized spacial score (nSPS) is 12.3. The highest BCUT2D eigenvalue weighted by atomic mass is 32.2. The first kappa shape index (κ1) is 34.7. The van der Waals surface area contributed by atoms with Crippen LogP contribution in [0.15, 0.2) is 155 Å². The Kier molecular flexibility index (Phi) is 10.3. The number of rotatable bonds is 12. The fourth-order valence-corrected chi connectivity index (χ4v) is 7.10. The van der Waals surface area contributed by atoms with E-state index in [1.807, 2.05) is 54.6 Å². The van der Waals surface area contributed by atoms with Crippen molar-refractivity contribution in [2.24, 2.45) is 0 Å². The lowest BCUT2D eigenvalue weighted by Gasteiger charge is -2.23. The van der Waals surface area contributed by atoms with Gasteiger partial charge in [0, 0.05) is 11.1 Å². The first-order chi connectivity index (χ1) is 24.1. The molecule has 0 heterocycles. The molecule has 6 aromatic carbocycles. The largest absolute Gasteiger partial charge is 0.490 e. The fraction of sp³-hybridized carbons (Fsp3) is 0.200. The van der Waals surface area contributed by atoms with E-state index in [4.69, 9.17) is 9.47 Å². The molecule has 0 amide bonds. The minimum Gasteiger partial charge on any atom is -0.490 e. The maximum absolute atomic E-state index is 13.5. The highest BCUT2D eigenvalue weighted by Crippen LogP contribution is 2.40. The van der Waals surface area contributed by atoms with E-state index in [0.29, 0.717) is 11.5 Å². The number of hydrogen-bond donors (Lipinski definition) is 0. The molecule has 50 heavy (non-hydrogen) atoms. The van der Waals surface area contributed by atoms with Crippen LogP contribution in [0.2, 0.25) is 0 Å². The Morgan fingerprint density at radius 3 is 1.56 bits per heavy atom. The van der Waals surface area contributed by atoms with Gasteiger partial charge in [-0.05, 0) is 114 Å². The number of benzene rings is 6. The van der Waals surface area contributed by atoms with Crippen molar-refractivity contribution in [1.82, 2.24) is 0 Å². The molecule has 0 radical (unpaired) electrons. The molecule has 1 unspecified atom stereocenters. The smallest absolute Gasteiger partial charge is 0.206 e. The van der Waals surface area contributed by atoms with Gasteiger partial charge < -0.3 is 9.47 Å². The summed E-state index contributed by atoms with van der Waals surface area (Å²) < 4.78 is 39.8. The lowest BCUT2D eigenvalue weighted by molar-refractivity contribution is 0.218. The molecule has 0 aliphatic carbocycles. The van der Waals surface area contributed by atoms with E-state index >= 15 is 0 Å². The Labute approximate surface area is 297 Å². The molecular formula is C45H44O4S. The van der Waals surface area contributed by atoms with Crippen LogP contribution >= 0.6 is 0 Å². The third-order valence-electron chi connectivity index (χ3n) is 9.56. The van der Waals surface area contributed by atoms with E-state index in [1.54, 1.807) is 36.4 Å². The molecular weight excluding hydrogens is 637 g/mol. The van der Waals surface area contributed by atoms with Gasteiger partial charge in [-0.25, -0.2) is 8.42 Å². The standard InChI is InChI=1S/C45H44O4S/c1-6-32(3)48-43-28-18-35(30-41(43)33-14-10-8-11-15-33)36-19-29-44(42(31-36)34-16-12-9-13-17-34)49-38-22-26-40(27-23-38)50(46,47)39-24-20-37(21-25-39)45(4,5)7-2/h8-32H,6-7H2,1-5H3. The second-order valence-corrected chi connectivity index (χ2v) is 15.3. The number of sulfone groups is 1. The zero-order chi connectivity index (χ0) is 35.3. The van der Waals surface area contributed by atoms with Crippen molar-refractivity contribution in [3.63, 3.8) is 0 Å². The summed E-state index contributed by atoms with van der Waals surface area (Å²) in [7, 11) is -3.68. The minimum absolute atomic E-state index is 0.0180. The van der Waals surface area contributed by atoms with Crippen molar-refractivity contribution in [3.8, 4) is 50.6 Å². The first-order valence-electron chi connectivity index (χ1n) is 17.3. The van der Waals surface area contributed by atoms with Crippen molar-refractivity contribution in [2.45, 2.75) is 68.8 Å². The SMILES string of the molecule is CCC(C)Oc1ccc(-c2ccc(Oc3ccc(S(=O)(=O)c4ccc(C(C)(C)CC)cc4)cc3)c(-c3ccccc3)c2)cc1-c1ccccc1. The summed E-state index contributed by atoms with van der Waals surface area (Å²) in [6.45, 7) is 10.7. The molecule has 0 aromatic heterocycles. The second kappa shape index (κ2) is 14.8. The lowest BCUT2D eigenvalue weighted by Crippen LogP contribution is -2.15. The van der Waals surface area contributed by atoms with Gasteiger partial charge in [-0.15, -0.1) is 0 Å². The summed E-state index contributed by atoms with van der Waals surface area (Å²) in [6, 6.07) is 46.9. The summed E-state index contributed by atoms with van der Waals surface area (Å²) in [6.07, 6.45) is 1.98. The first-order valence-corrected chi connectivity index (χ1v) is 18.8. The number of hydrogen-bond acceptors (Lipinski definition) is 4. The van der Waals surface area contributed by atoms with Gasteiger partial charge in [0.2, 0.25) is 9.84 Å². The highest BCUT2D eigenvalue weighted by Gasteiger charge is 2.22. The van der Waals surface area contributed by atoms with Crippen LogP contribution in [-0.2, 0) is 15.3 Å². The molecule has 0 aliphatic rings. The van der Waals surface area contributed by atoms with Crippen LogP contribution in [0.5, 0.6) is 17.2 Å². The molecule has 254 valence electrons. The van der Waals surface area contributed by atoms with Crippen molar-refractivity contribution < 1.29 is 17.9 Å². The predicted molar refractivity (Wildman–Crippen MR) is 205 cm³/mol. The monoisotopic (exact) mass is 680 g/mol. The summed E-state index contributed by atoms with van der Waals surface area (Å²) in [5.41, 5.74) is 7.28. The lowest BCUT2D eigenvalue weighted by atomic mass is 9.82. The zero-order valence-electron chi connectivity index (χ0n) is 29.4. The molecule has 5 heteroatoms. The van der Waals surface area contributed by atoms with E-state index in [-0.39, 0.29) is 21.3 Å². The van der Waals surface area contributed by atoms with Gasteiger partial charge in [-0.2, -0.15) is 0 Å². The average Bonchev–Trinajstić information content (AvgIpc) is 3.16. The molecule has 0 N–H and O–H groups in total. The maximum atomic E-state index is 13.5. The molecule has 1 atom stereocenters. The van der Waals surface area contributed by atoms with Crippen molar-refractivity contribution in [1.29, 1.82) is 0 Å². The Morgan fingerprint density at radius 2 is 1.06 bits per heavy atom. The molecule has 0 bridgehead atoms. The van der Waals surface area contributed by atoms with E-state index in [9.17, 15) is 8.42 Å². The van der Waals surface area contributed by atoms with Crippen LogP contribution in [0.25, 0.3) is 33.4 Å². The fourth-order valence-electron chi connectivity index (χ4n) is 5.84. The molecule has 4 nitrogen and oxygen atoms in total. The Bertz CT molecular complexity index is 2150. The zero-order valence-corrected chi connectivity index (χ0v) is 30.2. The van der Waals surface area contributed by atoms with Crippen LogP contribution < -0.4 is 9.47 Å². The third-order valence-corrected chi connectivity index (χ3v) is 11.3. The summed E-state index contributed by atoms with van der Waals surface area (Å²) in [4.78, 5) is 0.500. The van der Waals surface area contributed by atoms with Crippen LogP contribution in [-0.4, -0.2) is 14.5 Å². The van der Waals surface area contributed by atoms with Gasteiger partial charge in [0.1, 0.15) is 17.2 Å². The maximum Gasteiger partial charge on any atom is 0.206 e. The Morgan fingerprint density at radius 1 is 0.580 bits per heavy atom. The second-order valence-electron chi connectivity index (χ2n) is 13.3. The summed E-state index contributed by atoms with van der Waals surface area (Å²) in [5.74, 6) is 2.08. The molecule has 0 spiro atoms. The van der Waals surface area contributed by atoms with E-state index < -0.39 is 9.84 Å².